The molecule has 8 fully saturated rings. The van der Waals surface area contributed by atoms with Gasteiger partial charge in [-0.1, -0.05) is 279 Å². The molecule has 0 amide bonds. The van der Waals surface area contributed by atoms with E-state index in [0.717, 1.165) is 115 Å². The van der Waals surface area contributed by atoms with Crippen LogP contribution in [0.3, 0.4) is 0 Å². The molecule has 0 atom stereocenters. The average molecular weight is 1360 g/mol. The van der Waals surface area contributed by atoms with Crippen molar-refractivity contribution in [2.45, 2.75) is 75.0 Å². The van der Waals surface area contributed by atoms with Crippen LogP contribution in [0.4, 0.5) is 0 Å². The van der Waals surface area contributed by atoms with Gasteiger partial charge in [0.2, 0.25) is 0 Å². The van der Waals surface area contributed by atoms with Crippen LogP contribution in [0.2, 0.25) is 0 Å². The lowest BCUT2D eigenvalue weighted by molar-refractivity contribution is -0.0399. The number of aromatic nitrogens is 4. The molecule has 10 aliphatic carbocycles. The standard InChI is InChI=1S/C52H40N2.C50H38N2/c1-3-13-34(14-4-1)47-31-48(35-15-5-2-6-16-35)54-51(53-47)50-43-20-9-7-18-41(43)49(42-19-8-10-21-44(42)50)36-23-24-40-39-17-11-12-22-45(39)52(46(40)30-36)37-26-32-25-33(28-37)29-38(52)27-32;1-2-12-32(13-3-1)48-42-19-9-11-21-45(42)51-49(52-48)47-40-17-6-4-15-38(40)46(39-16-5-7-18-41(39)47)33-22-23-37-36-14-8-10-20-43(36)50(44(37)29-33)34-25-30-24-31(27-34)28-35(50)26-30/h1-24,30-33,37-38H,25-29H2;1-23,29-31,34-35H,24-28H2. The van der Waals surface area contributed by atoms with Crippen molar-refractivity contribution in [2.75, 3.05) is 0 Å². The van der Waals surface area contributed by atoms with Crippen LogP contribution in [0, 0.1) is 47.3 Å². The first-order valence-corrected chi connectivity index (χ1v) is 39.2. The number of fused-ring (bicyclic) bond motifs is 11. The van der Waals surface area contributed by atoms with Crippen LogP contribution in [0.25, 0.3) is 155 Å². The molecule has 506 valence electrons. The molecule has 4 heteroatoms. The van der Waals surface area contributed by atoms with Crippen molar-refractivity contribution in [3.63, 3.8) is 0 Å². The summed E-state index contributed by atoms with van der Waals surface area (Å²) in [5.41, 5.74) is 27.1. The summed E-state index contributed by atoms with van der Waals surface area (Å²) in [4.78, 5) is 21.4. The van der Waals surface area contributed by atoms with Gasteiger partial charge in [0, 0.05) is 44.0 Å². The highest BCUT2D eigenvalue weighted by Gasteiger charge is 2.63. The molecule has 0 radical (unpaired) electrons. The third kappa shape index (κ3) is 8.88. The molecule has 2 spiro atoms. The zero-order valence-electron chi connectivity index (χ0n) is 59.3. The summed E-state index contributed by atoms with van der Waals surface area (Å²) in [5.74, 6) is 8.15. The highest BCUT2D eigenvalue weighted by molar-refractivity contribution is 6.23. The number of hydrogen-bond acceptors (Lipinski definition) is 4. The fourth-order valence-corrected chi connectivity index (χ4v) is 24.1. The SMILES string of the molecule is c1ccc(-c2cc(-c3ccccc3)nc(-c3c4ccccc4c(-c4ccc5c(c4)C4(c6ccccc6-5)C5CC6CC(C5)CC4C6)c4ccccc34)n2)cc1.c1ccc(-c2nc(-c3c4ccccc4c(-c4ccc5c(c4)C4(c6ccccc6-5)C5CC6CC(C5)CC4C6)c4ccccc34)nc3ccccc23)cc1. The minimum absolute atomic E-state index is 0.125. The van der Waals surface area contributed by atoms with Crippen LogP contribution in [-0.2, 0) is 10.8 Å². The van der Waals surface area contributed by atoms with Gasteiger partial charge in [0.05, 0.1) is 22.6 Å². The molecule has 2 heterocycles. The number of rotatable bonds is 7. The smallest absolute Gasteiger partial charge is 0.161 e. The van der Waals surface area contributed by atoms with Gasteiger partial charge in [0.1, 0.15) is 0 Å². The predicted octanol–water partition coefficient (Wildman–Crippen LogP) is 25.8. The van der Waals surface area contributed by atoms with Gasteiger partial charge in [0.15, 0.2) is 11.6 Å². The van der Waals surface area contributed by atoms with Crippen molar-refractivity contribution in [1.29, 1.82) is 0 Å². The number of benzene rings is 14. The van der Waals surface area contributed by atoms with Crippen molar-refractivity contribution >= 4 is 54.0 Å². The Balaban J connectivity index is 0.000000129. The van der Waals surface area contributed by atoms with Gasteiger partial charge in [0.25, 0.3) is 0 Å². The lowest BCUT2D eigenvalue weighted by Crippen LogP contribution is -2.55. The van der Waals surface area contributed by atoms with Crippen molar-refractivity contribution < 1.29 is 0 Å². The molecule has 16 aromatic rings. The Hall–Kier alpha value is -11.5. The maximum atomic E-state index is 5.40. The summed E-state index contributed by atoms with van der Waals surface area (Å²) in [5, 5.41) is 10.8. The van der Waals surface area contributed by atoms with Crippen LogP contribution in [0.15, 0.2) is 303 Å². The van der Waals surface area contributed by atoms with Crippen LogP contribution >= 0.6 is 0 Å². The summed E-state index contributed by atoms with van der Waals surface area (Å²) in [6.07, 6.45) is 14.0. The van der Waals surface area contributed by atoms with Gasteiger partial charge in [-0.3, -0.25) is 0 Å². The van der Waals surface area contributed by atoms with E-state index in [1.54, 1.807) is 22.3 Å². The summed E-state index contributed by atoms with van der Waals surface area (Å²) < 4.78 is 0. The Labute approximate surface area is 619 Å². The third-order valence-electron chi connectivity index (χ3n) is 27.5. The van der Waals surface area contributed by atoms with Gasteiger partial charge in [-0.25, -0.2) is 19.9 Å². The summed E-state index contributed by atoms with van der Waals surface area (Å²) >= 11 is 0. The van der Waals surface area contributed by atoms with E-state index in [2.05, 4.69) is 303 Å². The van der Waals surface area contributed by atoms with Gasteiger partial charge in [-0.2, -0.15) is 0 Å². The van der Waals surface area contributed by atoms with E-state index in [1.165, 1.54) is 152 Å². The van der Waals surface area contributed by atoms with Crippen molar-refractivity contribution in [3.05, 3.63) is 326 Å². The monoisotopic (exact) mass is 1360 g/mol. The minimum Gasteiger partial charge on any atom is -0.228 e. The fourth-order valence-electron chi connectivity index (χ4n) is 24.1. The quantitative estimate of drug-likeness (QED) is 0.149. The second-order valence-electron chi connectivity index (χ2n) is 32.6. The predicted molar refractivity (Wildman–Crippen MR) is 436 cm³/mol. The minimum atomic E-state index is 0.125. The van der Waals surface area contributed by atoms with E-state index in [-0.39, 0.29) is 10.8 Å². The first-order chi connectivity index (χ1) is 52.5. The van der Waals surface area contributed by atoms with E-state index in [0.29, 0.717) is 0 Å². The molecule has 106 heavy (non-hydrogen) atoms. The molecule has 0 N–H and O–H groups in total. The van der Waals surface area contributed by atoms with E-state index in [1.807, 2.05) is 0 Å². The Morgan fingerprint density at radius 3 is 0.925 bits per heavy atom. The Kier molecular flexibility index (Phi) is 13.5. The van der Waals surface area contributed by atoms with E-state index in [9.17, 15) is 0 Å². The lowest BCUT2D eigenvalue weighted by Gasteiger charge is -2.61. The van der Waals surface area contributed by atoms with Gasteiger partial charge >= 0.3 is 0 Å². The van der Waals surface area contributed by atoms with E-state index in [4.69, 9.17) is 19.9 Å². The van der Waals surface area contributed by atoms with Crippen molar-refractivity contribution in [1.82, 2.24) is 19.9 Å². The summed E-state index contributed by atoms with van der Waals surface area (Å²) in [6, 6.07) is 112. The highest BCUT2D eigenvalue weighted by atomic mass is 14.9. The third-order valence-corrected chi connectivity index (χ3v) is 27.5. The maximum absolute atomic E-state index is 5.40. The highest BCUT2D eigenvalue weighted by Crippen LogP contribution is 2.72. The molecule has 8 bridgehead atoms. The summed E-state index contributed by atoms with van der Waals surface area (Å²) in [6.45, 7) is 0. The van der Waals surface area contributed by atoms with E-state index < -0.39 is 0 Å². The Morgan fingerprint density at radius 2 is 0.528 bits per heavy atom. The van der Waals surface area contributed by atoms with Crippen LogP contribution in [-0.4, -0.2) is 19.9 Å². The molecule has 4 nitrogen and oxygen atoms in total. The normalized spacial score (nSPS) is 23.5. The number of para-hydroxylation sites is 1. The lowest BCUT2D eigenvalue weighted by atomic mass is 9.43. The fraction of sp³-hybridized carbons (Fsp3) is 0.196. The Morgan fingerprint density at radius 1 is 0.217 bits per heavy atom. The first kappa shape index (κ1) is 60.9. The second kappa shape index (κ2) is 23.5. The Bertz CT molecular complexity index is 6080. The molecule has 0 unspecified atom stereocenters. The molecule has 0 saturated heterocycles. The summed E-state index contributed by atoms with van der Waals surface area (Å²) in [7, 11) is 0. The topological polar surface area (TPSA) is 51.6 Å². The molecule has 2 aromatic heterocycles. The zero-order valence-corrected chi connectivity index (χ0v) is 59.3. The maximum Gasteiger partial charge on any atom is 0.161 e. The molecular formula is C102H78N4. The van der Waals surface area contributed by atoms with Crippen molar-refractivity contribution in [2.24, 2.45) is 47.3 Å². The van der Waals surface area contributed by atoms with Crippen LogP contribution in [0.5, 0.6) is 0 Å². The zero-order chi connectivity index (χ0) is 69.3. The van der Waals surface area contributed by atoms with Gasteiger partial charge in [-0.05, 0) is 246 Å². The van der Waals surface area contributed by atoms with Crippen LogP contribution < -0.4 is 0 Å². The average Bonchev–Trinajstić information content (AvgIpc) is 1.49. The van der Waals surface area contributed by atoms with E-state index >= 15 is 0 Å². The van der Waals surface area contributed by atoms with Gasteiger partial charge < -0.3 is 0 Å². The number of hydrogen-bond donors (Lipinski definition) is 0. The largest absolute Gasteiger partial charge is 0.228 e. The van der Waals surface area contributed by atoms with Crippen molar-refractivity contribution in [3.8, 4) is 101 Å². The molecule has 14 aromatic carbocycles. The molecule has 8 saturated carbocycles. The molecular weight excluding hydrogens is 1280 g/mol. The molecule has 26 rings (SSSR count). The first-order valence-electron chi connectivity index (χ1n) is 39.2. The molecule has 0 aliphatic heterocycles. The number of nitrogens with zero attached hydrogens (tertiary/aromatic N) is 4. The molecule has 10 aliphatic rings. The van der Waals surface area contributed by atoms with Crippen LogP contribution in [0.1, 0.15) is 86.5 Å². The second-order valence-corrected chi connectivity index (χ2v) is 32.6. The van der Waals surface area contributed by atoms with Gasteiger partial charge in [-0.15, -0.1) is 0 Å².